The fourth-order valence-electron chi connectivity index (χ4n) is 3.33. The normalized spacial score (nSPS) is 16.8. The van der Waals surface area contributed by atoms with Crippen LogP contribution in [0.2, 0.25) is 0 Å². The van der Waals surface area contributed by atoms with Crippen molar-refractivity contribution in [1.29, 1.82) is 0 Å². The molecule has 0 amide bonds. The number of aromatic nitrogens is 1. The first-order valence-corrected chi connectivity index (χ1v) is 8.25. The van der Waals surface area contributed by atoms with Crippen LogP contribution < -0.4 is 0 Å². The number of hydrogen-bond donors (Lipinski definition) is 3. The minimum absolute atomic E-state index is 0.210. The minimum Gasteiger partial charge on any atom is -0.466 e. The summed E-state index contributed by atoms with van der Waals surface area (Å²) in [5, 5.41) is 21.5. The summed E-state index contributed by atoms with van der Waals surface area (Å²) in [5.41, 5.74) is 4.29. The number of hydrogen-bond acceptors (Lipinski definition) is 4. The van der Waals surface area contributed by atoms with E-state index in [0.29, 0.717) is 5.56 Å². The number of carbonyl (C=O) groups is 1. The van der Waals surface area contributed by atoms with Crippen LogP contribution in [-0.4, -0.2) is 33.9 Å². The minimum atomic E-state index is -1.17. The van der Waals surface area contributed by atoms with E-state index in [1.54, 1.807) is 13.0 Å². The molecule has 1 heterocycles. The van der Waals surface area contributed by atoms with Crippen LogP contribution in [0, 0.1) is 0 Å². The molecule has 0 saturated carbocycles. The largest absolute Gasteiger partial charge is 0.466 e. The van der Waals surface area contributed by atoms with Gasteiger partial charge in [0.25, 0.3) is 0 Å². The van der Waals surface area contributed by atoms with Crippen molar-refractivity contribution in [2.45, 2.75) is 51.2 Å². The van der Waals surface area contributed by atoms with Crippen molar-refractivity contribution < 1.29 is 19.7 Å². The number of aryl methyl sites for hydroxylation is 2. The van der Waals surface area contributed by atoms with E-state index >= 15 is 0 Å². The Balaban J connectivity index is 1.83. The van der Waals surface area contributed by atoms with Gasteiger partial charge in [0.1, 0.15) is 6.10 Å². The summed E-state index contributed by atoms with van der Waals surface area (Å²) in [6.45, 7) is 1.98. The topological polar surface area (TPSA) is 82.6 Å². The van der Waals surface area contributed by atoms with Crippen LogP contribution in [0.3, 0.4) is 0 Å². The van der Waals surface area contributed by atoms with Gasteiger partial charge in [-0.1, -0.05) is 6.07 Å². The zero-order chi connectivity index (χ0) is 16.4. The number of rotatable bonds is 5. The van der Waals surface area contributed by atoms with Crippen molar-refractivity contribution in [3.05, 3.63) is 35.0 Å². The van der Waals surface area contributed by atoms with Gasteiger partial charge in [-0.3, -0.25) is 4.79 Å². The van der Waals surface area contributed by atoms with Gasteiger partial charge in [0.2, 0.25) is 0 Å². The number of aliphatic hydroxyl groups is 2. The average Bonchev–Trinajstić information content (AvgIpc) is 2.92. The lowest BCUT2D eigenvalue weighted by molar-refractivity contribution is -0.147. The molecule has 2 atom stereocenters. The quantitative estimate of drug-likeness (QED) is 0.740. The molecule has 2 aromatic rings. The molecule has 5 heteroatoms. The van der Waals surface area contributed by atoms with Crippen LogP contribution in [0.4, 0.5) is 0 Å². The molecule has 1 aliphatic rings. The monoisotopic (exact) mass is 317 g/mol. The van der Waals surface area contributed by atoms with Crippen molar-refractivity contribution in [2.75, 3.05) is 6.61 Å². The Labute approximate surface area is 135 Å². The highest BCUT2D eigenvalue weighted by atomic mass is 16.5. The number of aliphatic hydroxyl groups excluding tert-OH is 2. The number of esters is 1. The number of benzene rings is 1. The third-order valence-electron chi connectivity index (χ3n) is 4.51. The van der Waals surface area contributed by atoms with Crippen molar-refractivity contribution in [1.82, 2.24) is 4.98 Å². The maximum Gasteiger partial charge on any atom is 0.308 e. The van der Waals surface area contributed by atoms with Crippen LogP contribution in [-0.2, 0) is 22.4 Å². The molecule has 0 saturated heterocycles. The van der Waals surface area contributed by atoms with E-state index in [4.69, 9.17) is 4.74 Å². The van der Waals surface area contributed by atoms with Crippen molar-refractivity contribution in [3.8, 4) is 0 Å². The highest BCUT2D eigenvalue weighted by Crippen LogP contribution is 2.31. The summed E-state index contributed by atoms with van der Waals surface area (Å²) in [6, 6.07) is 5.65. The molecule has 23 heavy (non-hydrogen) atoms. The smallest absolute Gasteiger partial charge is 0.308 e. The summed E-state index contributed by atoms with van der Waals surface area (Å²) < 4.78 is 4.82. The Morgan fingerprint density at radius 2 is 2.09 bits per heavy atom. The van der Waals surface area contributed by atoms with Gasteiger partial charge in [-0.2, -0.15) is 0 Å². The van der Waals surface area contributed by atoms with Crippen molar-refractivity contribution >= 4 is 16.9 Å². The summed E-state index contributed by atoms with van der Waals surface area (Å²) in [4.78, 5) is 14.9. The number of nitrogens with one attached hydrogen (secondary N) is 1. The van der Waals surface area contributed by atoms with Crippen LogP contribution in [0.5, 0.6) is 0 Å². The van der Waals surface area contributed by atoms with Gasteiger partial charge in [-0.15, -0.1) is 0 Å². The molecule has 0 aliphatic heterocycles. The van der Waals surface area contributed by atoms with Gasteiger partial charge in [-0.25, -0.2) is 0 Å². The van der Waals surface area contributed by atoms with Crippen LogP contribution in [0.25, 0.3) is 10.9 Å². The molecule has 5 nitrogen and oxygen atoms in total. The molecule has 0 radical (unpaired) electrons. The van der Waals surface area contributed by atoms with Crippen LogP contribution in [0.15, 0.2) is 18.2 Å². The SMILES string of the molecule is CCOC(=O)CC(O)C(O)c1ccc2[nH]c3c(c2c1)CCCC3. The van der Waals surface area contributed by atoms with E-state index in [1.165, 1.54) is 24.1 Å². The highest BCUT2D eigenvalue weighted by molar-refractivity contribution is 5.85. The molecule has 2 unspecified atom stereocenters. The van der Waals surface area contributed by atoms with Gasteiger partial charge in [0, 0.05) is 16.6 Å². The van der Waals surface area contributed by atoms with Gasteiger partial charge in [-0.05, 0) is 55.9 Å². The molecular weight excluding hydrogens is 294 g/mol. The van der Waals surface area contributed by atoms with Gasteiger partial charge >= 0.3 is 5.97 Å². The van der Waals surface area contributed by atoms with E-state index in [-0.39, 0.29) is 13.0 Å². The average molecular weight is 317 g/mol. The van der Waals surface area contributed by atoms with Crippen LogP contribution >= 0.6 is 0 Å². The molecule has 0 bridgehead atoms. The Morgan fingerprint density at radius 3 is 2.87 bits per heavy atom. The van der Waals surface area contributed by atoms with Crippen molar-refractivity contribution in [2.24, 2.45) is 0 Å². The Bertz CT molecular complexity index is 706. The third kappa shape index (κ3) is 3.26. The van der Waals surface area contributed by atoms with Gasteiger partial charge < -0.3 is 19.9 Å². The fraction of sp³-hybridized carbons (Fsp3) is 0.500. The third-order valence-corrected chi connectivity index (χ3v) is 4.51. The number of fused-ring (bicyclic) bond motifs is 3. The molecule has 124 valence electrons. The first-order chi connectivity index (χ1) is 11.1. The van der Waals surface area contributed by atoms with Crippen LogP contribution in [0.1, 0.15) is 49.1 Å². The maximum atomic E-state index is 11.5. The van der Waals surface area contributed by atoms with Gasteiger partial charge in [0.05, 0.1) is 19.1 Å². The van der Waals surface area contributed by atoms with Gasteiger partial charge in [0.15, 0.2) is 0 Å². The number of aromatic amines is 1. The van der Waals surface area contributed by atoms with E-state index in [1.807, 2.05) is 12.1 Å². The fourth-order valence-corrected chi connectivity index (χ4v) is 3.33. The predicted octanol–water partition coefficient (Wildman–Crippen LogP) is 2.39. The Kier molecular flexibility index (Phi) is 4.68. The zero-order valence-electron chi connectivity index (χ0n) is 13.3. The first kappa shape index (κ1) is 16.0. The Morgan fingerprint density at radius 1 is 1.30 bits per heavy atom. The molecule has 1 aromatic heterocycles. The summed E-state index contributed by atoms with van der Waals surface area (Å²) >= 11 is 0. The maximum absolute atomic E-state index is 11.5. The molecule has 0 fully saturated rings. The lowest BCUT2D eigenvalue weighted by Crippen LogP contribution is -2.23. The second kappa shape index (κ2) is 6.72. The number of ether oxygens (including phenoxy) is 1. The molecule has 1 aromatic carbocycles. The number of carbonyl (C=O) groups excluding carboxylic acids is 1. The summed E-state index contributed by atoms with van der Waals surface area (Å²) in [6.07, 6.45) is 2.01. The van der Waals surface area contributed by atoms with E-state index in [2.05, 4.69) is 4.98 Å². The molecular formula is C18H23NO4. The summed E-state index contributed by atoms with van der Waals surface area (Å²) in [5.74, 6) is -0.501. The lowest BCUT2D eigenvalue weighted by atomic mass is 9.94. The van der Waals surface area contributed by atoms with E-state index < -0.39 is 18.2 Å². The highest BCUT2D eigenvalue weighted by Gasteiger charge is 2.23. The first-order valence-electron chi connectivity index (χ1n) is 8.25. The molecule has 0 spiro atoms. The standard InChI is InChI=1S/C18H23NO4/c1-2-23-17(21)10-16(20)18(22)11-7-8-15-13(9-11)12-5-3-4-6-14(12)19-15/h7-9,16,18-20,22H,2-6,10H2,1H3. The molecule has 1 aliphatic carbocycles. The molecule has 3 N–H and O–H groups in total. The number of H-pyrrole nitrogens is 1. The second-order valence-corrected chi connectivity index (χ2v) is 6.12. The van der Waals surface area contributed by atoms with E-state index in [0.717, 1.165) is 23.7 Å². The van der Waals surface area contributed by atoms with Crippen molar-refractivity contribution in [3.63, 3.8) is 0 Å². The molecule has 3 rings (SSSR count). The Hall–Kier alpha value is -1.85. The van der Waals surface area contributed by atoms with E-state index in [9.17, 15) is 15.0 Å². The lowest BCUT2D eigenvalue weighted by Gasteiger charge is -2.18. The second-order valence-electron chi connectivity index (χ2n) is 6.12. The predicted molar refractivity (Wildman–Crippen MR) is 87.2 cm³/mol. The zero-order valence-corrected chi connectivity index (χ0v) is 13.3. The summed E-state index contributed by atoms with van der Waals surface area (Å²) in [7, 11) is 0.